The molecule has 28 heavy (non-hydrogen) atoms. The van der Waals surface area contributed by atoms with Gasteiger partial charge in [0.05, 0.1) is 23.2 Å². The first-order valence-electron chi connectivity index (χ1n) is 8.85. The third kappa shape index (κ3) is 3.57. The Bertz CT molecular complexity index is 1190. The van der Waals surface area contributed by atoms with Gasteiger partial charge in [0.25, 0.3) is 5.56 Å². The van der Waals surface area contributed by atoms with Crippen LogP contribution in [0.1, 0.15) is 11.3 Å². The Labute approximate surface area is 161 Å². The minimum atomic E-state index is -0.469. The van der Waals surface area contributed by atoms with E-state index in [2.05, 4.69) is 4.98 Å². The van der Waals surface area contributed by atoms with E-state index in [1.807, 2.05) is 54.6 Å². The predicted molar refractivity (Wildman–Crippen MR) is 105 cm³/mol. The summed E-state index contributed by atoms with van der Waals surface area (Å²) >= 11 is 0. The molecule has 0 aliphatic carbocycles. The van der Waals surface area contributed by atoms with Crippen molar-refractivity contribution in [3.05, 3.63) is 88.5 Å². The SMILES string of the molecule is Cn1c(=O)c(COC(=O)Cc2coc(-c3ccccc3)n2)cc2ccccc21. The molecule has 4 aromatic rings. The van der Waals surface area contributed by atoms with Gasteiger partial charge >= 0.3 is 5.97 Å². The highest BCUT2D eigenvalue weighted by atomic mass is 16.5. The average Bonchev–Trinajstić information content (AvgIpc) is 3.19. The minimum Gasteiger partial charge on any atom is -0.460 e. The van der Waals surface area contributed by atoms with Crippen molar-refractivity contribution in [1.29, 1.82) is 0 Å². The fourth-order valence-corrected chi connectivity index (χ4v) is 3.05. The van der Waals surface area contributed by atoms with E-state index >= 15 is 0 Å². The molecule has 0 aliphatic rings. The van der Waals surface area contributed by atoms with Gasteiger partial charge in [-0.05, 0) is 29.7 Å². The largest absolute Gasteiger partial charge is 0.460 e. The van der Waals surface area contributed by atoms with E-state index in [1.165, 1.54) is 6.26 Å². The van der Waals surface area contributed by atoms with Gasteiger partial charge in [0.1, 0.15) is 12.9 Å². The van der Waals surface area contributed by atoms with E-state index in [-0.39, 0.29) is 18.6 Å². The molecule has 140 valence electrons. The van der Waals surface area contributed by atoms with E-state index in [0.717, 1.165) is 16.5 Å². The number of aryl methyl sites for hydroxylation is 1. The maximum atomic E-state index is 12.5. The zero-order chi connectivity index (χ0) is 19.5. The highest BCUT2D eigenvalue weighted by molar-refractivity contribution is 5.79. The standard InChI is InChI=1S/C22H18N2O4/c1-24-19-10-6-5-9-16(19)11-17(22(24)26)13-27-20(25)12-18-14-28-21(23-18)15-7-3-2-4-8-15/h2-11,14H,12-13H2,1H3. The summed E-state index contributed by atoms with van der Waals surface area (Å²) in [5.41, 5.74) is 2.40. The van der Waals surface area contributed by atoms with Crippen LogP contribution < -0.4 is 5.56 Å². The van der Waals surface area contributed by atoms with Crippen molar-refractivity contribution in [2.45, 2.75) is 13.0 Å². The molecular formula is C22H18N2O4. The maximum absolute atomic E-state index is 12.5. The molecule has 0 fully saturated rings. The first-order chi connectivity index (χ1) is 13.6. The topological polar surface area (TPSA) is 74.3 Å². The van der Waals surface area contributed by atoms with Gasteiger partial charge in [-0.2, -0.15) is 0 Å². The van der Waals surface area contributed by atoms with E-state index in [4.69, 9.17) is 9.15 Å². The number of fused-ring (bicyclic) bond motifs is 1. The summed E-state index contributed by atoms with van der Waals surface area (Å²) in [6.07, 6.45) is 1.42. The summed E-state index contributed by atoms with van der Waals surface area (Å²) in [4.78, 5) is 29.0. The number of hydrogen-bond acceptors (Lipinski definition) is 5. The van der Waals surface area contributed by atoms with Crippen molar-refractivity contribution in [3.8, 4) is 11.5 Å². The number of aromatic nitrogens is 2. The zero-order valence-electron chi connectivity index (χ0n) is 15.3. The molecule has 0 saturated heterocycles. The van der Waals surface area contributed by atoms with Crippen LogP contribution in [0.4, 0.5) is 0 Å². The summed E-state index contributed by atoms with van der Waals surface area (Å²) in [6, 6.07) is 18.8. The normalized spacial score (nSPS) is 10.9. The fourth-order valence-electron chi connectivity index (χ4n) is 3.05. The van der Waals surface area contributed by atoms with Crippen LogP contribution in [0.5, 0.6) is 0 Å². The van der Waals surface area contributed by atoms with Gasteiger partial charge in [-0.25, -0.2) is 4.98 Å². The molecule has 0 N–H and O–H groups in total. The van der Waals surface area contributed by atoms with Crippen molar-refractivity contribution >= 4 is 16.9 Å². The lowest BCUT2D eigenvalue weighted by Crippen LogP contribution is -2.22. The quantitative estimate of drug-likeness (QED) is 0.500. The van der Waals surface area contributed by atoms with Crippen molar-refractivity contribution in [1.82, 2.24) is 9.55 Å². The van der Waals surface area contributed by atoms with Crippen LogP contribution in [0.15, 0.2) is 76.1 Å². The van der Waals surface area contributed by atoms with Crippen molar-refractivity contribution in [2.24, 2.45) is 7.05 Å². The number of hydrogen-bond donors (Lipinski definition) is 0. The number of carbonyl (C=O) groups excluding carboxylic acids is 1. The predicted octanol–water partition coefficient (Wildman–Crippen LogP) is 3.48. The third-order valence-corrected chi connectivity index (χ3v) is 4.49. The Kier molecular flexibility index (Phi) is 4.76. The van der Waals surface area contributed by atoms with Crippen LogP contribution in [0.25, 0.3) is 22.4 Å². The Morgan fingerprint density at radius 2 is 1.86 bits per heavy atom. The molecule has 0 bridgehead atoms. The first kappa shape index (κ1) is 17.7. The van der Waals surface area contributed by atoms with Crippen LogP contribution in [-0.4, -0.2) is 15.5 Å². The molecule has 2 aromatic carbocycles. The third-order valence-electron chi connectivity index (χ3n) is 4.49. The second kappa shape index (κ2) is 7.52. The van der Waals surface area contributed by atoms with E-state index < -0.39 is 5.97 Å². The van der Waals surface area contributed by atoms with Crippen molar-refractivity contribution in [2.75, 3.05) is 0 Å². The highest BCUT2D eigenvalue weighted by Gasteiger charge is 2.13. The summed E-state index contributed by atoms with van der Waals surface area (Å²) < 4.78 is 12.3. The Hall–Kier alpha value is -3.67. The molecule has 0 aliphatic heterocycles. The molecule has 2 heterocycles. The fraction of sp³-hybridized carbons (Fsp3) is 0.136. The van der Waals surface area contributed by atoms with Gasteiger partial charge in [0.15, 0.2) is 0 Å². The lowest BCUT2D eigenvalue weighted by atomic mass is 10.1. The number of rotatable bonds is 5. The van der Waals surface area contributed by atoms with Crippen molar-refractivity contribution in [3.63, 3.8) is 0 Å². The molecular weight excluding hydrogens is 356 g/mol. The highest BCUT2D eigenvalue weighted by Crippen LogP contribution is 2.18. The molecule has 2 aromatic heterocycles. The minimum absolute atomic E-state index is 0.0236. The molecule has 0 spiro atoms. The summed E-state index contributed by atoms with van der Waals surface area (Å²) in [5.74, 6) is -0.0186. The van der Waals surface area contributed by atoms with Gasteiger partial charge in [-0.3, -0.25) is 9.59 Å². The monoisotopic (exact) mass is 374 g/mol. The zero-order valence-corrected chi connectivity index (χ0v) is 15.3. The average molecular weight is 374 g/mol. The number of pyridine rings is 1. The summed E-state index contributed by atoms with van der Waals surface area (Å²) in [7, 11) is 1.70. The van der Waals surface area contributed by atoms with Gasteiger partial charge in [0.2, 0.25) is 5.89 Å². The Balaban J connectivity index is 1.44. The van der Waals surface area contributed by atoms with Crippen molar-refractivity contribution < 1.29 is 13.9 Å². The Morgan fingerprint density at radius 3 is 2.68 bits per heavy atom. The van der Waals surface area contributed by atoms with Gasteiger partial charge in [0, 0.05) is 12.6 Å². The number of oxazole rings is 1. The Morgan fingerprint density at radius 1 is 1.11 bits per heavy atom. The molecule has 0 saturated carbocycles. The van der Waals surface area contributed by atoms with Crippen LogP contribution in [0.3, 0.4) is 0 Å². The summed E-state index contributed by atoms with van der Waals surface area (Å²) in [5, 5.41) is 0.916. The molecule has 6 nitrogen and oxygen atoms in total. The number of esters is 1. The summed E-state index contributed by atoms with van der Waals surface area (Å²) in [6.45, 7) is -0.0836. The van der Waals surface area contributed by atoms with Crippen LogP contribution >= 0.6 is 0 Å². The van der Waals surface area contributed by atoms with Gasteiger partial charge in [-0.1, -0.05) is 36.4 Å². The number of benzene rings is 2. The molecule has 0 atom stereocenters. The second-order valence-corrected chi connectivity index (χ2v) is 6.44. The van der Waals surface area contributed by atoms with Gasteiger partial charge in [-0.15, -0.1) is 0 Å². The van der Waals surface area contributed by atoms with Gasteiger partial charge < -0.3 is 13.7 Å². The molecule has 0 unspecified atom stereocenters. The second-order valence-electron chi connectivity index (χ2n) is 6.44. The smallest absolute Gasteiger partial charge is 0.312 e. The van der Waals surface area contributed by atoms with Crippen LogP contribution in [-0.2, 0) is 29.6 Å². The van der Waals surface area contributed by atoms with E-state index in [9.17, 15) is 9.59 Å². The first-order valence-corrected chi connectivity index (χ1v) is 8.85. The number of ether oxygens (including phenoxy) is 1. The van der Waals surface area contributed by atoms with Crippen LogP contribution in [0.2, 0.25) is 0 Å². The van der Waals surface area contributed by atoms with E-state index in [0.29, 0.717) is 17.1 Å². The maximum Gasteiger partial charge on any atom is 0.312 e. The number of para-hydroxylation sites is 1. The number of nitrogens with zero attached hydrogens (tertiary/aromatic N) is 2. The lowest BCUT2D eigenvalue weighted by Gasteiger charge is -2.09. The van der Waals surface area contributed by atoms with Crippen LogP contribution in [0, 0.1) is 0 Å². The number of carbonyl (C=O) groups is 1. The molecule has 0 radical (unpaired) electrons. The molecule has 6 heteroatoms. The van der Waals surface area contributed by atoms with E-state index in [1.54, 1.807) is 17.7 Å². The lowest BCUT2D eigenvalue weighted by molar-refractivity contribution is -0.144. The molecule has 4 rings (SSSR count). The molecule has 0 amide bonds.